The molecular formula is C5H7B12NS. The molecule has 0 aliphatic carbocycles. The third-order valence-electron chi connectivity index (χ3n) is 3.60. The molecule has 0 spiro atoms. The fourth-order valence-corrected chi connectivity index (χ4v) is 3.94. The van der Waals surface area contributed by atoms with Crippen molar-refractivity contribution in [1.29, 1.82) is 5.26 Å². The normalized spacial score (nSPS) is 16.4. The summed E-state index contributed by atoms with van der Waals surface area (Å²) in [4.78, 5) is 0. The van der Waals surface area contributed by atoms with Gasteiger partial charge >= 0.3 is 0 Å². The van der Waals surface area contributed by atoms with Crippen molar-refractivity contribution in [2.45, 2.75) is 17.9 Å². The first-order chi connectivity index (χ1) is 8.90. The zero-order chi connectivity index (χ0) is 14.6. The molecule has 12 radical (unpaired) electrons. The number of thioether (sulfide) groups is 1. The van der Waals surface area contributed by atoms with Crippen LogP contribution in [0.25, 0.3) is 0 Å². The Labute approximate surface area is 131 Å². The second-order valence-corrected chi connectivity index (χ2v) is 6.45. The Hall–Kier alpha value is 0.619. The zero-order valence-electron chi connectivity index (χ0n) is 11.0. The summed E-state index contributed by atoms with van der Waals surface area (Å²) in [6.45, 7) is 0.331. The van der Waals surface area contributed by atoms with Crippen LogP contribution >= 0.6 is 11.8 Å². The van der Waals surface area contributed by atoms with Crippen molar-refractivity contribution in [2.24, 2.45) is 0 Å². The average Bonchev–Trinajstić information content (AvgIpc) is 3.03. The van der Waals surface area contributed by atoms with E-state index < -0.39 is 19.2 Å². The third kappa shape index (κ3) is 5.14. The van der Waals surface area contributed by atoms with Crippen LogP contribution in [0.2, 0.25) is 6.32 Å². The van der Waals surface area contributed by atoms with Gasteiger partial charge in [0, 0.05) is 90.5 Å². The highest BCUT2D eigenvalue weighted by Gasteiger charge is 2.51. The molecule has 1 nitrogen and oxygen atoms in total. The minimum Gasteiger partial charge on any atom is -0.198 e. The molecular weight excluding hydrogens is 236 g/mol. The van der Waals surface area contributed by atoms with Gasteiger partial charge in [0.1, 0.15) is 6.60 Å². The SMILES string of the molecule is [B]B([B])B(B([B])[B])B(B([B])[B])B1CC1SCCC#N. The van der Waals surface area contributed by atoms with E-state index >= 15 is 0 Å². The molecule has 1 unspecified atom stereocenters. The molecule has 1 heterocycles. The van der Waals surface area contributed by atoms with E-state index in [2.05, 4.69) is 6.07 Å². The fraction of sp³-hybridized carbons (Fsp3) is 0.800. The summed E-state index contributed by atoms with van der Waals surface area (Å²) in [6.07, 6.45) is -0.646. The molecule has 0 amide bonds. The summed E-state index contributed by atoms with van der Waals surface area (Å²) in [6, 6.07) is 2.13. The summed E-state index contributed by atoms with van der Waals surface area (Å²) in [5.74, 6) is 0.818. The van der Waals surface area contributed by atoms with Crippen LogP contribution in [0.4, 0.5) is 0 Å². The van der Waals surface area contributed by atoms with E-state index in [1.165, 1.54) is 0 Å². The summed E-state index contributed by atoms with van der Waals surface area (Å²) in [7, 11) is 34.8. The van der Waals surface area contributed by atoms with Crippen LogP contribution in [-0.2, 0) is 0 Å². The van der Waals surface area contributed by atoms with Crippen LogP contribution in [0.5, 0.6) is 0 Å². The first-order valence-electron chi connectivity index (χ1n) is 6.42. The van der Waals surface area contributed by atoms with E-state index in [9.17, 15) is 0 Å². The molecule has 19 heavy (non-hydrogen) atoms. The highest BCUT2D eigenvalue weighted by molar-refractivity contribution is 8.11. The Balaban J connectivity index is 2.62. The first kappa shape index (κ1) is 17.7. The third-order valence-corrected chi connectivity index (χ3v) is 5.01. The van der Waals surface area contributed by atoms with Crippen molar-refractivity contribution in [3.05, 3.63) is 0 Å². The lowest BCUT2D eigenvalue weighted by Crippen LogP contribution is -2.70. The van der Waals surface area contributed by atoms with Crippen molar-refractivity contribution in [3.63, 3.8) is 0 Å². The van der Waals surface area contributed by atoms with Crippen molar-refractivity contribution in [1.82, 2.24) is 0 Å². The molecule has 0 bridgehead atoms. The highest BCUT2D eigenvalue weighted by atomic mass is 32.2. The average molecular weight is 243 g/mol. The van der Waals surface area contributed by atoms with E-state index in [-0.39, 0.29) is 12.8 Å². The lowest BCUT2D eigenvalue weighted by molar-refractivity contribution is 1.24. The van der Waals surface area contributed by atoms with Gasteiger partial charge in [-0.05, 0) is 5.15 Å². The van der Waals surface area contributed by atoms with E-state index in [1.54, 1.807) is 11.8 Å². The van der Waals surface area contributed by atoms with Crippen molar-refractivity contribution < 1.29 is 0 Å². The van der Waals surface area contributed by atoms with Gasteiger partial charge in [-0.3, -0.25) is 0 Å². The molecule has 1 aliphatic heterocycles. The van der Waals surface area contributed by atoms with Gasteiger partial charge in [0.05, 0.1) is 6.07 Å². The molecule has 1 aliphatic rings. The van der Waals surface area contributed by atoms with Crippen LogP contribution in [-0.4, -0.2) is 95.9 Å². The lowest BCUT2D eigenvalue weighted by Gasteiger charge is -2.31. The van der Waals surface area contributed by atoms with Gasteiger partial charge in [0.15, 0.2) is 0 Å². The maximum absolute atomic E-state index is 8.53. The minimum absolute atomic E-state index is 0.0837. The Kier molecular flexibility index (Phi) is 7.59. The first-order valence-corrected chi connectivity index (χ1v) is 7.47. The van der Waals surface area contributed by atoms with Crippen molar-refractivity contribution >= 4 is 96.7 Å². The van der Waals surface area contributed by atoms with Crippen molar-refractivity contribution in [2.75, 3.05) is 5.75 Å². The quantitative estimate of drug-likeness (QED) is 0.333. The number of hydrogen-bond acceptors (Lipinski definition) is 2. The van der Waals surface area contributed by atoms with Crippen LogP contribution in [0.15, 0.2) is 0 Å². The van der Waals surface area contributed by atoms with Crippen LogP contribution in [0.1, 0.15) is 6.42 Å². The molecule has 0 aromatic carbocycles. The molecule has 1 atom stereocenters. The predicted octanol–water partition coefficient (Wildman–Crippen LogP) is -3.09. The fourth-order valence-electron chi connectivity index (χ4n) is 2.64. The summed E-state index contributed by atoms with van der Waals surface area (Å²) in [5, 5.41) is 8.98. The second kappa shape index (κ2) is 8.16. The van der Waals surface area contributed by atoms with Gasteiger partial charge in [0.25, 0.3) is 0 Å². The Morgan fingerprint density at radius 3 is 2.11 bits per heavy atom. The molecule has 74 valence electrons. The highest BCUT2D eigenvalue weighted by Crippen LogP contribution is 2.37. The molecule has 14 heteroatoms. The van der Waals surface area contributed by atoms with Gasteiger partial charge in [0.2, 0.25) is 0 Å². The molecule has 1 fully saturated rings. The number of nitriles is 1. The molecule has 1 saturated heterocycles. The maximum Gasteiger partial charge on any atom is 0.106 e. The molecule has 0 aromatic rings. The molecule has 1 rings (SSSR count). The molecule has 0 saturated carbocycles. The summed E-state index contributed by atoms with van der Waals surface area (Å²) >= 11 is 1.76. The zero-order valence-corrected chi connectivity index (χ0v) is 11.8. The monoisotopic (exact) mass is 245 g/mol. The van der Waals surface area contributed by atoms with Gasteiger partial charge in [-0.2, -0.15) is 17.0 Å². The maximum atomic E-state index is 8.53. The van der Waals surface area contributed by atoms with Gasteiger partial charge in [-0.1, -0.05) is 6.32 Å². The Morgan fingerprint density at radius 1 is 1.11 bits per heavy atom. The van der Waals surface area contributed by atoms with E-state index in [1.807, 2.05) is 0 Å². The topological polar surface area (TPSA) is 23.8 Å². The van der Waals surface area contributed by atoms with Crippen LogP contribution < -0.4 is 0 Å². The largest absolute Gasteiger partial charge is 0.198 e. The smallest absolute Gasteiger partial charge is 0.106 e. The van der Waals surface area contributed by atoms with Gasteiger partial charge in [-0.15, -0.1) is 0 Å². The van der Waals surface area contributed by atoms with Crippen LogP contribution in [0, 0.1) is 11.3 Å². The predicted molar refractivity (Wildman–Crippen MR) is 100 cm³/mol. The summed E-state index contributed by atoms with van der Waals surface area (Å²) in [5.41, 5.74) is 0. The summed E-state index contributed by atoms with van der Waals surface area (Å²) < 4.78 is 0. The Bertz CT molecular complexity index is 310. The number of nitrogens with zero attached hydrogens (tertiary/aromatic N) is 1. The van der Waals surface area contributed by atoms with Gasteiger partial charge in [-0.25, -0.2) is 0 Å². The minimum atomic E-state index is -0.634. The van der Waals surface area contributed by atoms with E-state index in [0.29, 0.717) is 18.2 Å². The van der Waals surface area contributed by atoms with Gasteiger partial charge < -0.3 is 0 Å². The Morgan fingerprint density at radius 2 is 1.68 bits per heavy atom. The van der Waals surface area contributed by atoms with E-state index in [0.717, 1.165) is 12.1 Å². The van der Waals surface area contributed by atoms with Crippen LogP contribution in [0.3, 0.4) is 0 Å². The number of rotatable bonds is 8. The molecule has 0 aromatic heterocycles. The van der Waals surface area contributed by atoms with Crippen molar-refractivity contribution in [3.8, 4) is 6.07 Å². The lowest BCUT2D eigenvalue weighted by atomic mass is 8.50. The van der Waals surface area contributed by atoms with E-state index in [4.69, 9.17) is 51.7 Å². The second-order valence-electron chi connectivity index (χ2n) is 5.10. The molecule has 0 N–H and O–H groups in total. The number of hydrogen-bond donors (Lipinski definition) is 0. The standard InChI is InChI=1S/C5H7B12NS/c6-13(7)16(17(14(8)9)15(10)11)12-4-5(12)19-3-1-2-18/h5H,1,3-4H2.